The summed E-state index contributed by atoms with van der Waals surface area (Å²) in [6, 6.07) is 12.2. The zero-order valence-corrected chi connectivity index (χ0v) is 10.7. The lowest BCUT2D eigenvalue weighted by atomic mass is 10.1. The number of hydrogen-bond acceptors (Lipinski definition) is 3. The Morgan fingerprint density at radius 1 is 1.06 bits per heavy atom. The summed E-state index contributed by atoms with van der Waals surface area (Å²) in [6.45, 7) is 1.99. The van der Waals surface area contributed by atoms with Crippen molar-refractivity contribution in [2.75, 3.05) is 0 Å². The summed E-state index contributed by atoms with van der Waals surface area (Å²) in [4.78, 5) is 4.49. The van der Waals surface area contributed by atoms with Gasteiger partial charge in [-0.2, -0.15) is 5.10 Å². The van der Waals surface area contributed by atoms with Crippen LogP contribution in [0.4, 0.5) is 0 Å². The van der Waals surface area contributed by atoms with Gasteiger partial charge in [0.05, 0.1) is 11.7 Å². The van der Waals surface area contributed by atoms with Crippen LogP contribution in [-0.4, -0.2) is 15.2 Å². The number of pyridine rings is 1. The van der Waals surface area contributed by atoms with Crippen LogP contribution in [0.2, 0.25) is 0 Å². The van der Waals surface area contributed by atoms with E-state index in [9.17, 15) is 0 Å². The molecule has 0 unspecified atom stereocenters. The van der Waals surface area contributed by atoms with E-state index in [2.05, 4.69) is 27.3 Å². The highest BCUT2D eigenvalue weighted by Crippen LogP contribution is 2.23. The average Bonchev–Trinajstić information content (AvgIpc) is 2.38. The Hall–Kier alpha value is -2.07. The molecule has 4 heteroatoms. The van der Waals surface area contributed by atoms with Crippen molar-refractivity contribution in [3.8, 4) is 11.1 Å². The number of aryl methyl sites for hydroxylation is 1. The van der Waals surface area contributed by atoms with Crippen LogP contribution in [-0.2, 0) is 0 Å². The highest BCUT2D eigenvalue weighted by atomic mass is 32.1. The van der Waals surface area contributed by atoms with E-state index in [-0.39, 0.29) is 0 Å². The number of rotatable bonds is 1. The molecule has 2 aromatic heterocycles. The minimum atomic E-state index is 0.634. The van der Waals surface area contributed by atoms with E-state index in [0.29, 0.717) is 4.64 Å². The summed E-state index contributed by atoms with van der Waals surface area (Å²) < 4.78 is 0.634. The number of nitrogens with one attached hydrogen (secondary N) is 1. The van der Waals surface area contributed by atoms with E-state index in [1.165, 1.54) is 0 Å². The van der Waals surface area contributed by atoms with Crippen LogP contribution in [0.5, 0.6) is 0 Å². The fraction of sp³-hybridized carbons (Fsp3) is 0.0714. The largest absolute Gasteiger partial charge is 0.268 e. The molecule has 0 aliphatic heterocycles. The molecule has 0 aliphatic carbocycles. The molecule has 0 saturated heterocycles. The van der Waals surface area contributed by atoms with Crippen molar-refractivity contribution >= 4 is 23.1 Å². The van der Waals surface area contributed by atoms with Crippen LogP contribution in [0.3, 0.4) is 0 Å². The molecule has 0 fully saturated rings. The third kappa shape index (κ3) is 2.02. The Kier molecular flexibility index (Phi) is 2.64. The van der Waals surface area contributed by atoms with Gasteiger partial charge in [-0.3, -0.25) is 10.1 Å². The Labute approximate surface area is 110 Å². The third-order valence-corrected chi connectivity index (χ3v) is 3.04. The fourth-order valence-corrected chi connectivity index (χ4v) is 2.12. The Morgan fingerprint density at radius 3 is 2.78 bits per heavy atom. The number of aromatic nitrogens is 3. The first-order chi connectivity index (χ1) is 8.72. The smallest absolute Gasteiger partial charge is 0.120 e. The van der Waals surface area contributed by atoms with E-state index in [1.54, 1.807) is 6.20 Å². The third-order valence-electron chi connectivity index (χ3n) is 2.83. The summed E-state index contributed by atoms with van der Waals surface area (Å²) in [5.74, 6) is 0. The van der Waals surface area contributed by atoms with Crippen molar-refractivity contribution < 1.29 is 0 Å². The van der Waals surface area contributed by atoms with Crippen molar-refractivity contribution in [3.63, 3.8) is 0 Å². The SMILES string of the molecule is Cc1ccc2cc(-c3cn[nH]c(=S)c3)ccc2n1. The molecule has 1 N–H and O–H groups in total. The minimum Gasteiger partial charge on any atom is -0.268 e. The molecular weight excluding hydrogens is 242 g/mol. The normalized spacial score (nSPS) is 10.7. The highest BCUT2D eigenvalue weighted by Gasteiger charge is 2.01. The lowest BCUT2D eigenvalue weighted by Crippen LogP contribution is -1.86. The molecule has 3 nitrogen and oxygen atoms in total. The van der Waals surface area contributed by atoms with Gasteiger partial charge < -0.3 is 0 Å². The standard InChI is InChI=1S/C14H11N3S/c1-9-2-3-11-6-10(4-5-13(11)16-9)12-7-14(18)17-15-8-12/h2-8H,1H3,(H,17,18). The van der Waals surface area contributed by atoms with E-state index in [4.69, 9.17) is 12.2 Å². The van der Waals surface area contributed by atoms with Crippen LogP contribution in [0, 0.1) is 11.6 Å². The molecule has 0 atom stereocenters. The number of fused-ring (bicyclic) bond motifs is 1. The van der Waals surface area contributed by atoms with E-state index >= 15 is 0 Å². The van der Waals surface area contributed by atoms with Crippen LogP contribution >= 0.6 is 12.2 Å². The molecule has 0 saturated carbocycles. The van der Waals surface area contributed by atoms with Crippen molar-refractivity contribution in [2.45, 2.75) is 6.92 Å². The quantitative estimate of drug-likeness (QED) is 0.673. The van der Waals surface area contributed by atoms with Crippen molar-refractivity contribution in [1.29, 1.82) is 0 Å². The van der Waals surface area contributed by atoms with Crippen molar-refractivity contribution in [2.24, 2.45) is 0 Å². The molecule has 1 aromatic carbocycles. The molecule has 0 spiro atoms. The predicted octanol–water partition coefficient (Wildman–Crippen LogP) is 3.66. The molecule has 0 aliphatic rings. The molecule has 0 radical (unpaired) electrons. The Bertz CT molecular complexity index is 777. The van der Waals surface area contributed by atoms with Gasteiger partial charge in [0, 0.05) is 16.6 Å². The molecule has 0 amide bonds. The minimum absolute atomic E-state index is 0.634. The lowest BCUT2D eigenvalue weighted by Gasteiger charge is -2.03. The number of hydrogen-bond donors (Lipinski definition) is 1. The molecule has 2 heterocycles. The second kappa shape index (κ2) is 4.31. The summed E-state index contributed by atoms with van der Waals surface area (Å²) in [7, 11) is 0. The van der Waals surface area contributed by atoms with Gasteiger partial charge in [0.25, 0.3) is 0 Å². The summed E-state index contributed by atoms with van der Waals surface area (Å²) in [5.41, 5.74) is 4.15. The first kappa shape index (κ1) is 11.0. The average molecular weight is 253 g/mol. The van der Waals surface area contributed by atoms with E-state index in [0.717, 1.165) is 27.7 Å². The molecule has 3 aromatic rings. The number of aromatic amines is 1. The summed E-state index contributed by atoms with van der Waals surface area (Å²) in [5, 5.41) is 7.87. The van der Waals surface area contributed by atoms with Gasteiger partial charge in [-0.15, -0.1) is 0 Å². The molecule has 3 rings (SSSR count). The second-order valence-corrected chi connectivity index (χ2v) is 4.63. The Morgan fingerprint density at radius 2 is 1.94 bits per heavy atom. The van der Waals surface area contributed by atoms with E-state index in [1.807, 2.05) is 31.2 Å². The van der Waals surface area contributed by atoms with Crippen molar-refractivity contribution in [3.05, 3.63) is 52.9 Å². The monoisotopic (exact) mass is 253 g/mol. The Balaban J connectivity index is 2.19. The summed E-state index contributed by atoms with van der Waals surface area (Å²) in [6.07, 6.45) is 1.78. The number of H-pyrrole nitrogens is 1. The predicted molar refractivity (Wildman–Crippen MR) is 74.9 cm³/mol. The summed E-state index contributed by atoms with van der Waals surface area (Å²) >= 11 is 5.08. The van der Waals surface area contributed by atoms with Gasteiger partial charge >= 0.3 is 0 Å². The molecule has 88 valence electrons. The van der Waals surface area contributed by atoms with Crippen LogP contribution in [0.1, 0.15) is 5.69 Å². The fourth-order valence-electron chi connectivity index (χ4n) is 1.94. The van der Waals surface area contributed by atoms with Gasteiger partial charge in [0.1, 0.15) is 4.64 Å². The van der Waals surface area contributed by atoms with Crippen molar-refractivity contribution in [1.82, 2.24) is 15.2 Å². The van der Waals surface area contributed by atoms with Crippen LogP contribution in [0.25, 0.3) is 22.0 Å². The first-order valence-electron chi connectivity index (χ1n) is 5.65. The maximum absolute atomic E-state index is 5.08. The number of nitrogens with zero attached hydrogens (tertiary/aromatic N) is 2. The maximum Gasteiger partial charge on any atom is 0.120 e. The van der Waals surface area contributed by atoms with Gasteiger partial charge in [-0.05, 0) is 36.8 Å². The topological polar surface area (TPSA) is 41.6 Å². The zero-order valence-electron chi connectivity index (χ0n) is 9.84. The first-order valence-corrected chi connectivity index (χ1v) is 6.06. The van der Waals surface area contributed by atoms with E-state index < -0.39 is 0 Å². The lowest BCUT2D eigenvalue weighted by molar-refractivity contribution is 1.02. The highest BCUT2D eigenvalue weighted by molar-refractivity contribution is 7.71. The van der Waals surface area contributed by atoms with Gasteiger partial charge in [0.2, 0.25) is 0 Å². The van der Waals surface area contributed by atoms with Crippen LogP contribution in [0.15, 0.2) is 42.6 Å². The molecule has 18 heavy (non-hydrogen) atoms. The molecular formula is C14H11N3S. The van der Waals surface area contributed by atoms with Gasteiger partial charge in [0.15, 0.2) is 0 Å². The maximum atomic E-state index is 5.08. The van der Waals surface area contributed by atoms with Crippen LogP contribution < -0.4 is 0 Å². The zero-order chi connectivity index (χ0) is 12.5. The second-order valence-electron chi connectivity index (χ2n) is 4.19. The van der Waals surface area contributed by atoms with Gasteiger partial charge in [-0.1, -0.05) is 24.4 Å². The molecule has 0 bridgehead atoms. The number of benzene rings is 1. The van der Waals surface area contributed by atoms with Gasteiger partial charge in [-0.25, -0.2) is 0 Å².